The van der Waals surface area contributed by atoms with Crippen molar-refractivity contribution >= 4 is 12.0 Å². The molecular formula is C14H18N2O4. The van der Waals surface area contributed by atoms with Crippen LogP contribution in [-0.2, 0) is 4.79 Å². The van der Waals surface area contributed by atoms with Gasteiger partial charge < -0.3 is 20.4 Å². The predicted molar refractivity (Wildman–Crippen MR) is 72.2 cm³/mol. The van der Waals surface area contributed by atoms with E-state index < -0.39 is 24.1 Å². The Kier molecular flexibility index (Phi) is 4.57. The number of carbonyl (C=O) groups excluding carboxylic acids is 1. The fourth-order valence-corrected chi connectivity index (χ4v) is 2.29. The number of β-amino-alcohol motifs (C(OH)–C–C–N with tert-alkyl or cyclic N) is 1. The molecule has 0 radical (unpaired) electrons. The number of carboxylic acid groups (broad SMARTS) is 1. The van der Waals surface area contributed by atoms with Crippen LogP contribution in [0.4, 0.5) is 4.79 Å². The number of nitrogens with zero attached hydrogens (tertiary/aromatic N) is 1. The van der Waals surface area contributed by atoms with Crippen molar-refractivity contribution in [3.63, 3.8) is 0 Å². The number of aliphatic hydroxyl groups excluding tert-OH is 1. The number of rotatable bonds is 3. The summed E-state index contributed by atoms with van der Waals surface area (Å²) >= 11 is 0. The van der Waals surface area contributed by atoms with E-state index in [-0.39, 0.29) is 6.54 Å². The lowest BCUT2D eigenvalue weighted by Gasteiger charge is -2.31. The van der Waals surface area contributed by atoms with Crippen molar-refractivity contribution in [2.45, 2.75) is 25.0 Å². The second-order valence-electron chi connectivity index (χ2n) is 4.87. The first-order valence-corrected chi connectivity index (χ1v) is 6.59. The van der Waals surface area contributed by atoms with Gasteiger partial charge in [-0.05, 0) is 18.4 Å². The fraction of sp³-hybridized carbons (Fsp3) is 0.429. The van der Waals surface area contributed by atoms with Crippen LogP contribution >= 0.6 is 0 Å². The Balaban J connectivity index is 2.05. The summed E-state index contributed by atoms with van der Waals surface area (Å²) in [4.78, 5) is 24.8. The predicted octanol–water partition coefficient (Wildman–Crippen LogP) is 0.979. The molecule has 1 aromatic rings. The van der Waals surface area contributed by atoms with E-state index in [2.05, 4.69) is 5.32 Å². The van der Waals surface area contributed by atoms with E-state index in [1.807, 2.05) is 0 Å². The minimum Gasteiger partial charge on any atom is -0.479 e. The van der Waals surface area contributed by atoms with Crippen LogP contribution in [0.1, 0.15) is 24.4 Å². The zero-order valence-electron chi connectivity index (χ0n) is 11.0. The van der Waals surface area contributed by atoms with Gasteiger partial charge in [0.25, 0.3) is 0 Å². The van der Waals surface area contributed by atoms with E-state index in [9.17, 15) is 19.8 Å². The average Bonchev–Trinajstić information content (AvgIpc) is 2.45. The summed E-state index contributed by atoms with van der Waals surface area (Å²) in [6.07, 6.45) is 0.858. The van der Waals surface area contributed by atoms with Gasteiger partial charge in [0.2, 0.25) is 0 Å². The Morgan fingerprint density at radius 1 is 1.30 bits per heavy atom. The molecule has 3 N–H and O–H groups in total. The van der Waals surface area contributed by atoms with Crippen LogP contribution in [-0.4, -0.2) is 46.3 Å². The molecular weight excluding hydrogens is 260 g/mol. The van der Waals surface area contributed by atoms with E-state index in [1.54, 1.807) is 30.3 Å². The monoisotopic (exact) mass is 278 g/mol. The van der Waals surface area contributed by atoms with Crippen molar-refractivity contribution in [1.29, 1.82) is 0 Å². The Bertz CT molecular complexity index is 477. The van der Waals surface area contributed by atoms with Crippen molar-refractivity contribution in [2.24, 2.45) is 0 Å². The van der Waals surface area contributed by atoms with Gasteiger partial charge in [0.05, 0.1) is 6.10 Å². The van der Waals surface area contributed by atoms with Gasteiger partial charge in [-0.3, -0.25) is 0 Å². The van der Waals surface area contributed by atoms with Crippen LogP contribution < -0.4 is 5.32 Å². The molecule has 20 heavy (non-hydrogen) atoms. The lowest BCUT2D eigenvalue weighted by Crippen LogP contribution is -2.49. The molecule has 108 valence electrons. The number of benzene rings is 1. The number of urea groups is 1. The van der Waals surface area contributed by atoms with Crippen molar-refractivity contribution < 1.29 is 19.8 Å². The van der Waals surface area contributed by atoms with Crippen LogP contribution in [0.5, 0.6) is 0 Å². The average molecular weight is 278 g/mol. The van der Waals surface area contributed by atoms with Gasteiger partial charge in [-0.2, -0.15) is 0 Å². The number of hydrogen-bond donors (Lipinski definition) is 3. The topological polar surface area (TPSA) is 89.9 Å². The highest BCUT2D eigenvalue weighted by molar-refractivity contribution is 5.83. The summed E-state index contributed by atoms with van der Waals surface area (Å²) in [6.45, 7) is 0.775. The number of likely N-dealkylation sites (tertiary alicyclic amines) is 1. The van der Waals surface area contributed by atoms with Crippen molar-refractivity contribution in [3.8, 4) is 0 Å². The first-order valence-electron chi connectivity index (χ1n) is 6.59. The molecule has 0 aliphatic carbocycles. The summed E-state index contributed by atoms with van der Waals surface area (Å²) in [6, 6.07) is 7.01. The van der Waals surface area contributed by atoms with Gasteiger partial charge in [-0.1, -0.05) is 30.3 Å². The first-order chi connectivity index (χ1) is 9.58. The Hall–Kier alpha value is -2.08. The molecule has 0 spiro atoms. The number of carbonyl (C=O) groups is 2. The van der Waals surface area contributed by atoms with Gasteiger partial charge in [-0.25, -0.2) is 9.59 Å². The normalized spacial score (nSPS) is 20.2. The van der Waals surface area contributed by atoms with Crippen LogP contribution in [0.25, 0.3) is 0 Å². The molecule has 0 aromatic heterocycles. The number of piperidine rings is 1. The second kappa shape index (κ2) is 6.38. The fourth-order valence-electron chi connectivity index (χ4n) is 2.29. The van der Waals surface area contributed by atoms with Gasteiger partial charge in [-0.15, -0.1) is 0 Å². The third-order valence-electron chi connectivity index (χ3n) is 3.33. The van der Waals surface area contributed by atoms with E-state index >= 15 is 0 Å². The lowest BCUT2D eigenvalue weighted by molar-refractivity contribution is -0.139. The summed E-state index contributed by atoms with van der Waals surface area (Å²) < 4.78 is 0. The van der Waals surface area contributed by atoms with E-state index in [1.165, 1.54) is 4.90 Å². The molecule has 2 rings (SSSR count). The molecule has 2 amide bonds. The summed E-state index contributed by atoms with van der Waals surface area (Å²) in [5.41, 5.74) is 0.519. The summed E-state index contributed by atoms with van der Waals surface area (Å²) in [5, 5.41) is 21.3. The highest BCUT2D eigenvalue weighted by Crippen LogP contribution is 2.15. The maximum absolute atomic E-state index is 12.1. The third-order valence-corrected chi connectivity index (χ3v) is 3.33. The smallest absolute Gasteiger partial charge is 0.330 e. The molecule has 6 heteroatoms. The van der Waals surface area contributed by atoms with Crippen LogP contribution in [0.3, 0.4) is 0 Å². The number of carboxylic acids is 1. The molecule has 2 atom stereocenters. The van der Waals surface area contributed by atoms with Crippen LogP contribution in [0.2, 0.25) is 0 Å². The Morgan fingerprint density at radius 2 is 2.00 bits per heavy atom. The van der Waals surface area contributed by atoms with Gasteiger partial charge >= 0.3 is 12.0 Å². The maximum atomic E-state index is 12.1. The molecule has 1 aromatic carbocycles. The molecule has 1 aliphatic rings. The van der Waals surface area contributed by atoms with Crippen LogP contribution in [0, 0.1) is 0 Å². The zero-order valence-corrected chi connectivity index (χ0v) is 11.0. The SMILES string of the molecule is O=C(O)C(NC(=O)N1CCCC(O)C1)c1ccccc1. The quantitative estimate of drug-likeness (QED) is 0.768. The second-order valence-corrected chi connectivity index (χ2v) is 4.87. The number of aliphatic carboxylic acids is 1. The molecule has 0 bridgehead atoms. The number of nitrogens with one attached hydrogen (secondary N) is 1. The van der Waals surface area contributed by atoms with E-state index in [0.29, 0.717) is 18.5 Å². The molecule has 1 heterocycles. The van der Waals surface area contributed by atoms with Crippen molar-refractivity contribution in [2.75, 3.05) is 13.1 Å². The minimum atomic E-state index is -1.11. The molecule has 2 unspecified atom stereocenters. The highest BCUT2D eigenvalue weighted by atomic mass is 16.4. The largest absolute Gasteiger partial charge is 0.479 e. The molecule has 6 nitrogen and oxygen atoms in total. The van der Waals surface area contributed by atoms with Gasteiger partial charge in [0, 0.05) is 13.1 Å². The zero-order chi connectivity index (χ0) is 14.5. The Labute approximate surface area is 117 Å². The van der Waals surface area contributed by atoms with E-state index in [4.69, 9.17) is 0 Å². The Morgan fingerprint density at radius 3 is 2.60 bits per heavy atom. The maximum Gasteiger partial charge on any atom is 0.330 e. The van der Waals surface area contributed by atoms with Crippen molar-refractivity contribution in [1.82, 2.24) is 10.2 Å². The standard InChI is InChI=1S/C14H18N2O4/c17-11-7-4-8-16(9-11)14(20)15-12(13(18)19)10-5-2-1-3-6-10/h1-3,5-6,11-12,17H,4,7-9H2,(H,15,20)(H,18,19). The highest BCUT2D eigenvalue weighted by Gasteiger charge is 2.27. The summed E-state index contributed by atoms with van der Waals surface area (Å²) in [7, 11) is 0. The lowest BCUT2D eigenvalue weighted by atomic mass is 10.1. The minimum absolute atomic E-state index is 0.243. The third kappa shape index (κ3) is 3.48. The number of amides is 2. The molecule has 1 fully saturated rings. The number of hydrogen-bond acceptors (Lipinski definition) is 3. The molecule has 1 aliphatic heterocycles. The van der Waals surface area contributed by atoms with Crippen LogP contribution in [0.15, 0.2) is 30.3 Å². The van der Waals surface area contributed by atoms with Gasteiger partial charge in [0.15, 0.2) is 6.04 Å². The van der Waals surface area contributed by atoms with E-state index in [0.717, 1.165) is 6.42 Å². The van der Waals surface area contributed by atoms with Gasteiger partial charge in [0.1, 0.15) is 0 Å². The molecule has 0 saturated carbocycles. The first kappa shape index (κ1) is 14.3. The summed E-state index contributed by atoms with van der Waals surface area (Å²) in [5.74, 6) is -1.11. The van der Waals surface area contributed by atoms with Crippen molar-refractivity contribution in [3.05, 3.63) is 35.9 Å². The number of aliphatic hydroxyl groups is 1. The molecule has 1 saturated heterocycles.